The summed E-state index contributed by atoms with van der Waals surface area (Å²) in [7, 11) is 0. The van der Waals surface area contributed by atoms with Crippen molar-refractivity contribution in [2.24, 2.45) is 5.92 Å². The Kier molecular flexibility index (Phi) is 4.96. The fourth-order valence-electron chi connectivity index (χ4n) is 3.11. The van der Waals surface area contributed by atoms with Gasteiger partial charge in [-0.05, 0) is 44.4 Å². The molecule has 142 valence electrons. The van der Waals surface area contributed by atoms with E-state index in [1.165, 1.54) is 0 Å². The molecule has 1 unspecified atom stereocenters. The number of amides is 2. The number of hydrogen-bond acceptors (Lipinski definition) is 3. The molecule has 5 heteroatoms. The van der Waals surface area contributed by atoms with Crippen LogP contribution in [-0.4, -0.2) is 23.6 Å². The number of anilines is 2. The second-order valence-corrected chi connectivity index (χ2v) is 8.11. The Hall–Kier alpha value is -2.82. The normalized spacial score (nSPS) is 13.8. The number of carbonyl (C=O) groups excluding carboxylic acids is 2. The van der Waals surface area contributed by atoms with Crippen molar-refractivity contribution in [3.8, 4) is 11.1 Å². The molecule has 2 aliphatic heterocycles. The molecule has 0 aromatic heterocycles. The Bertz CT molecular complexity index is 850. The molecule has 2 amide bonds. The van der Waals surface area contributed by atoms with Crippen molar-refractivity contribution in [3.63, 3.8) is 0 Å². The van der Waals surface area contributed by atoms with Crippen LogP contribution >= 0.6 is 0 Å². The number of ether oxygens (including phenoxy) is 1. The molecule has 2 aliphatic rings. The van der Waals surface area contributed by atoms with Crippen LogP contribution in [0.2, 0.25) is 0 Å². The molecule has 5 nitrogen and oxygen atoms in total. The smallest absolute Gasteiger partial charge is 0.408 e. The van der Waals surface area contributed by atoms with E-state index in [2.05, 4.69) is 5.32 Å². The first-order valence-electron chi connectivity index (χ1n) is 9.20. The summed E-state index contributed by atoms with van der Waals surface area (Å²) in [5.41, 5.74) is 3.14. The second-order valence-electron chi connectivity index (χ2n) is 8.11. The number of nitrogens with zero attached hydrogens (tertiary/aromatic N) is 1. The van der Waals surface area contributed by atoms with Gasteiger partial charge in [0.15, 0.2) is 0 Å². The summed E-state index contributed by atoms with van der Waals surface area (Å²) in [6, 6.07) is 15.2. The first kappa shape index (κ1) is 19.0. The lowest BCUT2D eigenvalue weighted by atomic mass is 9.94. The van der Waals surface area contributed by atoms with E-state index in [-0.39, 0.29) is 11.8 Å². The zero-order chi connectivity index (χ0) is 19.8. The Labute approximate surface area is 160 Å². The molecule has 0 spiro atoms. The van der Waals surface area contributed by atoms with Crippen LogP contribution in [0.1, 0.15) is 34.6 Å². The van der Waals surface area contributed by atoms with Crippen LogP contribution in [0.4, 0.5) is 16.2 Å². The van der Waals surface area contributed by atoms with E-state index < -0.39 is 17.7 Å². The molecule has 2 bridgehead atoms. The van der Waals surface area contributed by atoms with Crippen LogP contribution in [0.15, 0.2) is 48.5 Å². The summed E-state index contributed by atoms with van der Waals surface area (Å²) in [6.45, 7) is 9.21. The highest BCUT2D eigenvalue weighted by Crippen LogP contribution is 2.45. The Morgan fingerprint density at radius 2 is 1.70 bits per heavy atom. The minimum absolute atomic E-state index is 0.0725. The topological polar surface area (TPSA) is 58.6 Å². The Morgan fingerprint density at radius 1 is 1.04 bits per heavy atom. The molecule has 0 aliphatic carbocycles. The van der Waals surface area contributed by atoms with Gasteiger partial charge in [-0.25, -0.2) is 4.79 Å². The van der Waals surface area contributed by atoms with E-state index in [4.69, 9.17) is 4.74 Å². The Balaban J connectivity index is 1.81. The number of alkyl carbamates (subject to hydrolysis) is 1. The van der Waals surface area contributed by atoms with Gasteiger partial charge in [0, 0.05) is 5.56 Å². The monoisotopic (exact) mass is 366 g/mol. The SMILES string of the molecule is CC(C)C(NC(=O)OC(C)(C)C)C(=O)N1c2ccc(-c3ccccc3)c1c2. The Morgan fingerprint density at radius 3 is 2.26 bits per heavy atom. The molecule has 27 heavy (non-hydrogen) atoms. The van der Waals surface area contributed by atoms with E-state index in [1.54, 1.807) is 25.7 Å². The molecule has 0 fully saturated rings. The molecule has 2 aromatic rings. The van der Waals surface area contributed by atoms with E-state index in [1.807, 2.05) is 62.4 Å². The van der Waals surface area contributed by atoms with Crippen LogP contribution in [0.25, 0.3) is 11.1 Å². The van der Waals surface area contributed by atoms with Gasteiger partial charge in [0.1, 0.15) is 11.6 Å². The number of nitrogens with one attached hydrogen (secondary N) is 1. The van der Waals surface area contributed by atoms with E-state index in [9.17, 15) is 9.59 Å². The van der Waals surface area contributed by atoms with Crippen molar-refractivity contribution in [2.75, 3.05) is 4.90 Å². The average molecular weight is 366 g/mol. The van der Waals surface area contributed by atoms with Gasteiger partial charge in [0.05, 0.1) is 11.4 Å². The second kappa shape index (κ2) is 7.06. The van der Waals surface area contributed by atoms with E-state index >= 15 is 0 Å². The summed E-state index contributed by atoms with van der Waals surface area (Å²) >= 11 is 0. The van der Waals surface area contributed by atoms with Crippen LogP contribution < -0.4 is 10.2 Å². The standard InChI is InChI=1S/C22H26N2O3/c1-14(2)19(23-21(26)27-22(3,4)5)20(25)24-16-11-12-17(18(24)13-16)15-9-7-6-8-10-15/h6-14,19H,1-5H3,(H,23,26). The number of carbonyl (C=O) groups is 2. The molecule has 2 aromatic carbocycles. The number of hydrogen-bond donors (Lipinski definition) is 1. The molecule has 2 heterocycles. The average Bonchev–Trinajstić information content (AvgIpc) is 2.58. The first-order chi connectivity index (χ1) is 12.7. The van der Waals surface area contributed by atoms with Crippen molar-refractivity contribution < 1.29 is 14.3 Å². The molecular formula is C22H26N2O3. The highest BCUT2D eigenvalue weighted by Gasteiger charge is 2.36. The maximum absolute atomic E-state index is 13.2. The molecule has 0 radical (unpaired) electrons. The van der Waals surface area contributed by atoms with Crippen LogP contribution in [0.3, 0.4) is 0 Å². The lowest BCUT2D eigenvalue weighted by Gasteiger charge is -2.37. The summed E-state index contributed by atoms with van der Waals surface area (Å²) in [5.74, 6) is -0.224. The highest BCUT2D eigenvalue weighted by molar-refractivity contribution is 6.12. The molecule has 0 saturated heterocycles. The van der Waals surface area contributed by atoms with E-state index in [0.29, 0.717) is 0 Å². The number of fused-ring (bicyclic) bond motifs is 2. The van der Waals surface area contributed by atoms with Crippen LogP contribution in [0, 0.1) is 5.92 Å². The molecular weight excluding hydrogens is 340 g/mol. The third-order valence-electron chi connectivity index (χ3n) is 4.39. The molecule has 1 N–H and O–H groups in total. The van der Waals surface area contributed by atoms with Crippen molar-refractivity contribution in [1.29, 1.82) is 0 Å². The fraction of sp³-hybridized carbons (Fsp3) is 0.364. The zero-order valence-corrected chi connectivity index (χ0v) is 16.4. The maximum atomic E-state index is 13.2. The van der Waals surface area contributed by atoms with Crippen LogP contribution in [0.5, 0.6) is 0 Å². The molecule has 4 rings (SSSR count). The predicted octanol–water partition coefficient (Wildman–Crippen LogP) is 4.88. The zero-order valence-electron chi connectivity index (χ0n) is 16.4. The summed E-state index contributed by atoms with van der Waals surface area (Å²) in [6.07, 6.45) is -0.581. The van der Waals surface area contributed by atoms with Gasteiger partial charge in [0.25, 0.3) is 5.91 Å². The van der Waals surface area contributed by atoms with Crippen molar-refractivity contribution in [1.82, 2.24) is 5.32 Å². The maximum Gasteiger partial charge on any atom is 0.408 e. The third-order valence-corrected chi connectivity index (χ3v) is 4.39. The quantitative estimate of drug-likeness (QED) is 0.839. The number of benzene rings is 2. The van der Waals surface area contributed by atoms with Crippen molar-refractivity contribution in [2.45, 2.75) is 46.3 Å². The van der Waals surface area contributed by atoms with Gasteiger partial charge in [0.2, 0.25) is 0 Å². The molecule has 0 saturated carbocycles. The van der Waals surface area contributed by atoms with Gasteiger partial charge in [-0.15, -0.1) is 0 Å². The minimum atomic E-state index is -0.665. The van der Waals surface area contributed by atoms with Gasteiger partial charge in [-0.2, -0.15) is 0 Å². The minimum Gasteiger partial charge on any atom is -0.444 e. The van der Waals surface area contributed by atoms with Crippen molar-refractivity contribution in [3.05, 3.63) is 48.5 Å². The molecule has 1 atom stereocenters. The lowest BCUT2D eigenvalue weighted by molar-refractivity contribution is -0.121. The summed E-state index contributed by atoms with van der Waals surface area (Å²) in [5, 5.41) is 2.74. The summed E-state index contributed by atoms with van der Waals surface area (Å²) < 4.78 is 5.32. The van der Waals surface area contributed by atoms with Gasteiger partial charge >= 0.3 is 6.09 Å². The van der Waals surface area contributed by atoms with Gasteiger partial charge in [-0.3, -0.25) is 9.69 Å². The fourth-order valence-corrected chi connectivity index (χ4v) is 3.11. The van der Waals surface area contributed by atoms with Crippen molar-refractivity contribution >= 4 is 23.4 Å². The van der Waals surface area contributed by atoms with Gasteiger partial charge in [-0.1, -0.05) is 50.2 Å². The first-order valence-corrected chi connectivity index (χ1v) is 9.20. The predicted molar refractivity (Wildman–Crippen MR) is 107 cm³/mol. The number of rotatable bonds is 4. The van der Waals surface area contributed by atoms with Gasteiger partial charge < -0.3 is 10.1 Å². The van der Waals surface area contributed by atoms with E-state index in [0.717, 1.165) is 22.5 Å². The third kappa shape index (κ3) is 3.97. The summed E-state index contributed by atoms with van der Waals surface area (Å²) in [4.78, 5) is 27.1. The van der Waals surface area contributed by atoms with Crippen LogP contribution in [-0.2, 0) is 9.53 Å². The largest absolute Gasteiger partial charge is 0.444 e. The highest BCUT2D eigenvalue weighted by atomic mass is 16.6. The lowest BCUT2D eigenvalue weighted by Crippen LogP contribution is -2.52.